The van der Waals surface area contributed by atoms with Crippen LogP contribution in [-0.2, 0) is 19.1 Å². The second-order valence-electron chi connectivity index (χ2n) is 5.99. The van der Waals surface area contributed by atoms with Crippen molar-refractivity contribution in [2.24, 2.45) is 5.41 Å². The molecule has 1 saturated heterocycles. The summed E-state index contributed by atoms with van der Waals surface area (Å²) in [4.78, 5) is 33.5. The molecule has 0 bridgehead atoms. The predicted octanol–water partition coefficient (Wildman–Crippen LogP) is 2.22. The topological polar surface area (TPSA) is 63.7 Å². The number of likely N-dealkylation sites (tertiary alicyclic amines) is 1. The molecule has 1 rings (SSSR count). The van der Waals surface area contributed by atoms with Crippen LogP contribution in [0.3, 0.4) is 0 Å². The molecule has 21 heavy (non-hydrogen) atoms. The van der Waals surface area contributed by atoms with Gasteiger partial charge >= 0.3 is 0 Å². The molecule has 0 saturated carbocycles. The number of hydrogen-bond donors (Lipinski definition) is 0. The molecule has 1 atom stereocenters. The van der Waals surface area contributed by atoms with Crippen LogP contribution in [0.2, 0.25) is 0 Å². The van der Waals surface area contributed by atoms with E-state index in [1.807, 2.05) is 4.90 Å². The molecule has 1 unspecified atom stereocenters. The summed E-state index contributed by atoms with van der Waals surface area (Å²) in [5.41, 5.74) is -0.557. The minimum atomic E-state index is -0.557. The SMILES string of the molecule is CC=O.CCCCOC1CCN(C(=O)CC(C)(C)C=O)C1. The van der Waals surface area contributed by atoms with E-state index in [2.05, 4.69) is 6.92 Å². The van der Waals surface area contributed by atoms with Crippen molar-refractivity contribution in [2.75, 3.05) is 19.7 Å². The fourth-order valence-electron chi connectivity index (χ4n) is 2.03. The molecule has 0 spiro atoms. The van der Waals surface area contributed by atoms with Crippen LogP contribution < -0.4 is 0 Å². The zero-order valence-corrected chi connectivity index (χ0v) is 13.8. The molecular weight excluding hydrogens is 270 g/mol. The molecule has 122 valence electrons. The number of unbranched alkanes of at least 4 members (excludes halogenated alkanes) is 1. The zero-order chi connectivity index (χ0) is 16.3. The Balaban J connectivity index is 0.00000122. The molecule has 0 aromatic carbocycles. The Morgan fingerprint density at radius 1 is 1.38 bits per heavy atom. The lowest BCUT2D eigenvalue weighted by Gasteiger charge is -2.22. The van der Waals surface area contributed by atoms with Crippen molar-refractivity contribution in [3.8, 4) is 0 Å². The summed E-state index contributed by atoms with van der Waals surface area (Å²) in [5, 5.41) is 0. The summed E-state index contributed by atoms with van der Waals surface area (Å²) in [6.45, 7) is 9.38. The third-order valence-electron chi connectivity index (χ3n) is 3.28. The molecule has 0 radical (unpaired) electrons. The largest absolute Gasteiger partial charge is 0.376 e. The Kier molecular flexibility index (Phi) is 9.88. The quantitative estimate of drug-likeness (QED) is 0.534. The fraction of sp³-hybridized carbons (Fsp3) is 0.812. The second kappa shape index (κ2) is 10.5. The summed E-state index contributed by atoms with van der Waals surface area (Å²) in [6.07, 6.45) is 5.19. The molecule has 0 aromatic rings. The van der Waals surface area contributed by atoms with Gasteiger partial charge in [-0.2, -0.15) is 0 Å². The third kappa shape index (κ3) is 8.60. The number of ether oxygens (including phenoxy) is 1. The maximum absolute atomic E-state index is 12.0. The van der Waals surface area contributed by atoms with Crippen molar-refractivity contribution >= 4 is 18.5 Å². The van der Waals surface area contributed by atoms with Gasteiger partial charge in [0, 0.05) is 31.5 Å². The molecule has 0 aliphatic carbocycles. The van der Waals surface area contributed by atoms with E-state index in [4.69, 9.17) is 9.53 Å². The van der Waals surface area contributed by atoms with Crippen LogP contribution in [0.25, 0.3) is 0 Å². The van der Waals surface area contributed by atoms with Crippen LogP contribution >= 0.6 is 0 Å². The zero-order valence-electron chi connectivity index (χ0n) is 13.8. The van der Waals surface area contributed by atoms with Gasteiger partial charge in [-0.15, -0.1) is 0 Å². The van der Waals surface area contributed by atoms with E-state index in [1.54, 1.807) is 13.8 Å². The third-order valence-corrected chi connectivity index (χ3v) is 3.28. The van der Waals surface area contributed by atoms with Crippen LogP contribution in [0.5, 0.6) is 0 Å². The summed E-state index contributed by atoms with van der Waals surface area (Å²) >= 11 is 0. The van der Waals surface area contributed by atoms with E-state index < -0.39 is 5.41 Å². The fourth-order valence-corrected chi connectivity index (χ4v) is 2.03. The lowest BCUT2D eigenvalue weighted by molar-refractivity contribution is -0.135. The average molecular weight is 299 g/mol. The van der Waals surface area contributed by atoms with Gasteiger partial charge in [-0.3, -0.25) is 4.79 Å². The minimum absolute atomic E-state index is 0.0636. The van der Waals surface area contributed by atoms with E-state index in [0.29, 0.717) is 6.54 Å². The number of carbonyl (C=O) groups is 3. The monoisotopic (exact) mass is 299 g/mol. The first-order chi connectivity index (χ1) is 9.90. The van der Waals surface area contributed by atoms with Gasteiger partial charge in [0.25, 0.3) is 0 Å². The van der Waals surface area contributed by atoms with Crippen molar-refractivity contribution in [3.63, 3.8) is 0 Å². The first-order valence-electron chi connectivity index (χ1n) is 7.65. The number of rotatable bonds is 7. The number of nitrogens with zero attached hydrogens (tertiary/aromatic N) is 1. The highest BCUT2D eigenvalue weighted by Crippen LogP contribution is 2.21. The Labute approximate surface area is 128 Å². The van der Waals surface area contributed by atoms with E-state index in [9.17, 15) is 9.59 Å². The summed E-state index contributed by atoms with van der Waals surface area (Å²) in [6, 6.07) is 0. The predicted molar refractivity (Wildman–Crippen MR) is 82.0 cm³/mol. The minimum Gasteiger partial charge on any atom is -0.376 e. The Morgan fingerprint density at radius 2 is 2.00 bits per heavy atom. The maximum atomic E-state index is 12.0. The Morgan fingerprint density at radius 3 is 2.52 bits per heavy atom. The highest BCUT2D eigenvalue weighted by atomic mass is 16.5. The molecule has 0 N–H and O–H groups in total. The molecular formula is C16H29NO4. The summed E-state index contributed by atoms with van der Waals surface area (Å²) in [7, 11) is 0. The van der Waals surface area contributed by atoms with Gasteiger partial charge in [0.2, 0.25) is 5.91 Å². The van der Waals surface area contributed by atoms with Crippen molar-refractivity contribution in [1.29, 1.82) is 0 Å². The number of aldehydes is 2. The number of carbonyl (C=O) groups excluding carboxylic acids is 3. The van der Waals surface area contributed by atoms with Crippen molar-refractivity contribution in [2.45, 2.75) is 59.5 Å². The molecule has 0 aromatic heterocycles. The van der Waals surface area contributed by atoms with E-state index in [-0.39, 0.29) is 18.4 Å². The average Bonchev–Trinajstić information content (AvgIpc) is 2.88. The lowest BCUT2D eigenvalue weighted by atomic mass is 9.91. The lowest BCUT2D eigenvalue weighted by Crippen LogP contribution is -2.34. The van der Waals surface area contributed by atoms with Gasteiger partial charge in [0.1, 0.15) is 12.6 Å². The Bertz CT molecular complexity index is 328. The van der Waals surface area contributed by atoms with Gasteiger partial charge < -0.3 is 19.2 Å². The first kappa shape index (κ1) is 19.8. The van der Waals surface area contributed by atoms with Gasteiger partial charge in [-0.1, -0.05) is 27.2 Å². The molecule has 1 fully saturated rings. The maximum Gasteiger partial charge on any atom is 0.223 e. The standard InChI is InChI=1S/C14H25NO3.C2H4O/c1-4-5-8-18-12-6-7-15(10-12)13(17)9-14(2,3)11-16;1-2-3/h11-12H,4-10H2,1-3H3;2H,1H3. The molecule has 1 aliphatic rings. The smallest absolute Gasteiger partial charge is 0.223 e. The van der Waals surface area contributed by atoms with Crippen molar-refractivity contribution < 1.29 is 19.1 Å². The highest BCUT2D eigenvalue weighted by Gasteiger charge is 2.30. The number of hydrogen-bond acceptors (Lipinski definition) is 4. The van der Waals surface area contributed by atoms with E-state index >= 15 is 0 Å². The number of amides is 1. The molecule has 1 heterocycles. The van der Waals surface area contributed by atoms with E-state index in [0.717, 1.165) is 45.0 Å². The van der Waals surface area contributed by atoms with Crippen LogP contribution in [-0.4, -0.2) is 49.2 Å². The van der Waals surface area contributed by atoms with Crippen molar-refractivity contribution in [1.82, 2.24) is 4.90 Å². The van der Waals surface area contributed by atoms with Crippen LogP contribution in [0, 0.1) is 5.41 Å². The highest BCUT2D eigenvalue weighted by molar-refractivity contribution is 5.80. The second-order valence-corrected chi connectivity index (χ2v) is 5.99. The molecule has 1 aliphatic heterocycles. The van der Waals surface area contributed by atoms with Crippen LogP contribution in [0.1, 0.15) is 53.4 Å². The van der Waals surface area contributed by atoms with Gasteiger partial charge in [0.05, 0.1) is 6.10 Å². The summed E-state index contributed by atoms with van der Waals surface area (Å²) < 4.78 is 5.72. The molecule has 1 amide bonds. The summed E-state index contributed by atoms with van der Waals surface area (Å²) in [5.74, 6) is 0.0636. The first-order valence-corrected chi connectivity index (χ1v) is 7.65. The van der Waals surface area contributed by atoms with Gasteiger partial charge in [0.15, 0.2) is 0 Å². The normalized spacial score (nSPS) is 17.9. The van der Waals surface area contributed by atoms with Crippen LogP contribution in [0.15, 0.2) is 0 Å². The van der Waals surface area contributed by atoms with Crippen LogP contribution in [0.4, 0.5) is 0 Å². The molecule has 5 nitrogen and oxygen atoms in total. The molecule has 5 heteroatoms. The van der Waals surface area contributed by atoms with E-state index in [1.165, 1.54) is 6.92 Å². The van der Waals surface area contributed by atoms with Crippen molar-refractivity contribution in [3.05, 3.63) is 0 Å². The van der Waals surface area contributed by atoms with Gasteiger partial charge in [-0.25, -0.2) is 0 Å². The van der Waals surface area contributed by atoms with Gasteiger partial charge in [-0.05, 0) is 19.8 Å². The Hall–Kier alpha value is -1.23.